The highest BCUT2D eigenvalue weighted by atomic mass is 31.2. The number of hydrogen-bond acceptors (Lipinski definition) is 9. The number of rotatable bonds is 9. The molecule has 3 unspecified atom stereocenters. The van der Waals surface area contributed by atoms with Crippen molar-refractivity contribution >= 4 is 15.2 Å². The molecule has 1 aliphatic rings. The summed E-state index contributed by atoms with van der Waals surface area (Å²) in [4.78, 5) is 45.4. The average Bonchev–Trinajstić information content (AvgIpc) is 3.03. The van der Waals surface area contributed by atoms with E-state index in [4.69, 9.17) is 19.4 Å². The third kappa shape index (κ3) is 7.20. The van der Waals surface area contributed by atoms with Crippen molar-refractivity contribution in [2.45, 2.75) is 38.1 Å². The SMILES string of the molecule is Cc1ccc(CO/N=c2/ccn([C@@H]3O[C@H](COP(=O)(O)CP(=O)(O)O)C(O)C3O)c(=O)n2C)cc1. The van der Waals surface area contributed by atoms with Crippen molar-refractivity contribution < 1.29 is 48.1 Å². The number of hydrogen-bond donors (Lipinski definition) is 5. The molecule has 0 aliphatic carbocycles. The normalized spacial score (nSPS) is 24.9. The molecule has 1 fully saturated rings. The van der Waals surface area contributed by atoms with Crippen molar-refractivity contribution in [1.82, 2.24) is 9.13 Å². The molecule has 2 aromatic rings. The van der Waals surface area contributed by atoms with Crippen LogP contribution in [-0.4, -0.2) is 64.8 Å². The van der Waals surface area contributed by atoms with Gasteiger partial charge in [-0.25, -0.2) is 4.79 Å². The summed E-state index contributed by atoms with van der Waals surface area (Å²) >= 11 is 0. The van der Waals surface area contributed by atoms with Gasteiger partial charge in [0.1, 0.15) is 24.9 Å². The minimum absolute atomic E-state index is 0.171. The van der Waals surface area contributed by atoms with Crippen LogP contribution >= 0.6 is 15.2 Å². The van der Waals surface area contributed by atoms with Gasteiger partial charge in [0, 0.05) is 19.3 Å². The highest BCUT2D eigenvalue weighted by Crippen LogP contribution is 2.55. The van der Waals surface area contributed by atoms with E-state index in [0.717, 1.165) is 20.3 Å². The second-order valence-electron chi connectivity index (χ2n) is 8.06. The summed E-state index contributed by atoms with van der Waals surface area (Å²) in [7, 11) is -8.13. The molecule has 1 aromatic carbocycles. The Hall–Kier alpha value is -2.12. The molecule has 5 N–H and O–H groups in total. The lowest BCUT2D eigenvalue weighted by Gasteiger charge is -2.19. The smallest absolute Gasteiger partial charge is 0.340 e. The average molecular weight is 535 g/mol. The summed E-state index contributed by atoms with van der Waals surface area (Å²) < 4.78 is 35.0. The van der Waals surface area contributed by atoms with Crippen LogP contribution in [0.3, 0.4) is 0 Å². The van der Waals surface area contributed by atoms with E-state index in [-0.39, 0.29) is 12.1 Å². The van der Waals surface area contributed by atoms with Crippen LogP contribution in [0.2, 0.25) is 0 Å². The van der Waals surface area contributed by atoms with Crippen molar-refractivity contribution in [3.05, 3.63) is 63.6 Å². The van der Waals surface area contributed by atoms with Crippen LogP contribution in [0, 0.1) is 6.92 Å². The number of nitrogens with zero attached hydrogens (tertiary/aromatic N) is 3. The van der Waals surface area contributed by atoms with Crippen molar-refractivity contribution in [3.8, 4) is 0 Å². The molecule has 14 nitrogen and oxygen atoms in total. The fourth-order valence-corrected chi connectivity index (χ4v) is 5.87. The van der Waals surface area contributed by atoms with Gasteiger partial charge in [0.2, 0.25) is 0 Å². The molecule has 1 saturated heterocycles. The van der Waals surface area contributed by atoms with Crippen LogP contribution in [0.25, 0.3) is 0 Å². The first-order chi connectivity index (χ1) is 16.3. The Morgan fingerprint density at radius 1 is 1.09 bits per heavy atom. The van der Waals surface area contributed by atoms with Crippen molar-refractivity contribution in [1.29, 1.82) is 0 Å². The fraction of sp³-hybridized carbons (Fsp3) is 0.474. The highest BCUT2D eigenvalue weighted by molar-refractivity contribution is 7.70. The maximum Gasteiger partial charge on any atom is 0.340 e. The Kier molecular flexibility index (Phi) is 8.53. The molecule has 35 heavy (non-hydrogen) atoms. The summed E-state index contributed by atoms with van der Waals surface area (Å²) in [6.07, 6.45) is -4.69. The molecule has 194 valence electrons. The Bertz CT molecular complexity index is 1250. The van der Waals surface area contributed by atoms with Gasteiger partial charge in [-0.05, 0) is 12.5 Å². The second kappa shape index (κ2) is 10.9. The Labute approximate surface area is 199 Å². The van der Waals surface area contributed by atoms with Crippen molar-refractivity contribution in [2.24, 2.45) is 12.2 Å². The number of ether oxygens (including phenoxy) is 1. The van der Waals surface area contributed by atoms with Crippen molar-refractivity contribution in [2.75, 3.05) is 12.5 Å². The minimum atomic E-state index is -4.84. The second-order valence-corrected chi connectivity index (χ2v) is 12.1. The molecule has 1 aromatic heterocycles. The van der Waals surface area contributed by atoms with E-state index >= 15 is 0 Å². The third-order valence-corrected chi connectivity index (χ3v) is 8.62. The standard InChI is InChI=1S/C19H27N3O11P2/c1-12-3-5-13(6-4-12)9-31-20-15-7-8-22(19(25)21(15)2)18-17(24)16(23)14(33-18)10-32-35(29,30)11-34(26,27)28/h3-8,14,16-18,23-24H,9-11H2,1-2H3,(H,29,30)(H2,26,27,28)/b20-15-/t14-,16?,17?,18-/m1/s1. The van der Waals surface area contributed by atoms with Crippen LogP contribution in [0.5, 0.6) is 0 Å². The van der Waals surface area contributed by atoms with Gasteiger partial charge in [-0.1, -0.05) is 35.0 Å². The van der Waals surface area contributed by atoms with Gasteiger partial charge in [0.15, 0.2) is 17.6 Å². The first-order valence-corrected chi connectivity index (χ1v) is 13.9. The number of aliphatic hydroxyl groups excluding tert-OH is 2. The lowest BCUT2D eigenvalue weighted by molar-refractivity contribution is -0.0530. The predicted octanol–water partition coefficient (Wildman–Crippen LogP) is -0.516. The predicted molar refractivity (Wildman–Crippen MR) is 120 cm³/mol. The lowest BCUT2D eigenvalue weighted by Crippen LogP contribution is -2.42. The molecule has 2 heterocycles. The van der Waals surface area contributed by atoms with Gasteiger partial charge >= 0.3 is 20.9 Å². The number of benzene rings is 1. The molecule has 16 heteroatoms. The summed E-state index contributed by atoms with van der Waals surface area (Å²) in [5, 5.41) is 24.5. The minimum Gasteiger partial charge on any atom is -0.389 e. The van der Waals surface area contributed by atoms with Crippen LogP contribution in [0.15, 0.2) is 46.5 Å². The Balaban J connectivity index is 1.70. The quantitative estimate of drug-likeness (QED) is 0.204. The fourth-order valence-electron chi connectivity index (χ4n) is 3.30. The van der Waals surface area contributed by atoms with E-state index in [1.807, 2.05) is 31.2 Å². The highest BCUT2D eigenvalue weighted by Gasteiger charge is 2.45. The third-order valence-electron chi connectivity index (χ3n) is 5.16. The zero-order valence-corrected chi connectivity index (χ0v) is 20.6. The van der Waals surface area contributed by atoms with Gasteiger partial charge in [-0.2, -0.15) is 0 Å². The first kappa shape index (κ1) is 27.5. The largest absolute Gasteiger partial charge is 0.389 e. The molecule has 0 bridgehead atoms. The summed E-state index contributed by atoms with van der Waals surface area (Å²) in [5.74, 6) is -1.42. The molecule has 0 radical (unpaired) electrons. The van der Waals surface area contributed by atoms with Gasteiger partial charge in [0.25, 0.3) is 0 Å². The Morgan fingerprint density at radius 3 is 2.37 bits per heavy atom. The molecule has 0 amide bonds. The number of aromatic nitrogens is 2. The van der Waals surface area contributed by atoms with Gasteiger partial charge in [-0.15, -0.1) is 0 Å². The van der Waals surface area contributed by atoms with E-state index in [2.05, 4.69) is 9.68 Å². The maximum absolute atomic E-state index is 12.8. The summed E-state index contributed by atoms with van der Waals surface area (Å²) in [5.41, 5.74) is 1.48. The summed E-state index contributed by atoms with van der Waals surface area (Å²) in [6, 6.07) is 9.04. The summed E-state index contributed by atoms with van der Waals surface area (Å²) in [6.45, 7) is 1.38. The first-order valence-electron chi connectivity index (χ1n) is 10.3. The zero-order valence-electron chi connectivity index (χ0n) is 18.8. The molecular formula is C19H27N3O11P2. The van der Waals surface area contributed by atoms with E-state index in [1.165, 1.54) is 19.3 Å². The lowest BCUT2D eigenvalue weighted by atomic mass is 10.1. The van der Waals surface area contributed by atoms with Gasteiger partial charge in [0.05, 0.1) is 6.61 Å². The van der Waals surface area contributed by atoms with Crippen LogP contribution < -0.4 is 11.2 Å². The van der Waals surface area contributed by atoms with E-state index in [1.54, 1.807) is 0 Å². The molecule has 0 spiro atoms. The topological polar surface area (TPSA) is 202 Å². The molecule has 0 saturated carbocycles. The molecule has 3 rings (SSSR count). The molecule has 1 aliphatic heterocycles. The van der Waals surface area contributed by atoms with E-state index in [0.29, 0.717) is 0 Å². The van der Waals surface area contributed by atoms with Crippen LogP contribution in [0.1, 0.15) is 17.4 Å². The Morgan fingerprint density at radius 2 is 1.74 bits per heavy atom. The van der Waals surface area contributed by atoms with Crippen LogP contribution in [0.4, 0.5) is 0 Å². The molecule has 5 atom stereocenters. The monoisotopic (exact) mass is 535 g/mol. The van der Waals surface area contributed by atoms with Gasteiger partial charge in [-0.3, -0.25) is 18.3 Å². The number of aliphatic hydroxyl groups is 2. The maximum atomic E-state index is 12.8. The van der Waals surface area contributed by atoms with Crippen molar-refractivity contribution in [3.63, 3.8) is 0 Å². The van der Waals surface area contributed by atoms with Gasteiger partial charge < -0.3 is 39.0 Å². The van der Waals surface area contributed by atoms with E-state index in [9.17, 15) is 29.0 Å². The number of aryl methyl sites for hydroxylation is 1. The molecular weight excluding hydrogens is 508 g/mol. The zero-order chi connectivity index (χ0) is 26.0. The van der Waals surface area contributed by atoms with Crippen LogP contribution in [-0.2, 0) is 36.9 Å². The van der Waals surface area contributed by atoms with E-state index < -0.39 is 57.9 Å².